The van der Waals surface area contributed by atoms with Crippen molar-refractivity contribution in [3.05, 3.63) is 23.8 Å². The number of benzene rings is 1. The van der Waals surface area contributed by atoms with Gasteiger partial charge in [0.2, 0.25) is 0 Å². The number of carboxylic acid groups (broad SMARTS) is 1. The second-order valence-corrected chi connectivity index (χ2v) is 4.45. The Kier molecular flexibility index (Phi) is 4.37. The third-order valence-electron chi connectivity index (χ3n) is 2.61. The quantitative estimate of drug-likeness (QED) is 0.827. The van der Waals surface area contributed by atoms with Crippen LogP contribution in [0.3, 0.4) is 0 Å². The largest absolute Gasteiger partial charge is 0.504 e. The van der Waals surface area contributed by atoms with E-state index in [1.54, 1.807) is 12.1 Å². The first-order valence-electron chi connectivity index (χ1n) is 5.55. The summed E-state index contributed by atoms with van der Waals surface area (Å²) in [6.07, 6.45) is 0.559. The van der Waals surface area contributed by atoms with Gasteiger partial charge >= 0.3 is 5.97 Å². The molecule has 0 saturated carbocycles. The monoisotopic (exact) mass is 238 g/mol. The summed E-state index contributed by atoms with van der Waals surface area (Å²) in [5, 5.41) is 18.7. The number of carbonyl (C=O) groups is 1. The summed E-state index contributed by atoms with van der Waals surface area (Å²) in [6.45, 7) is 3.96. The van der Waals surface area contributed by atoms with Crippen molar-refractivity contribution >= 4 is 5.97 Å². The van der Waals surface area contributed by atoms with Gasteiger partial charge in [-0.15, -0.1) is 0 Å². The van der Waals surface area contributed by atoms with Gasteiger partial charge in [0.25, 0.3) is 0 Å². The van der Waals surface area contributed by atoms with Crippen LogP contribution in [0.2, 0.25) is 0 Å². The van der Waals surface area contributed by atoms with Crippen LogP contribution in [-0.2, 0) is 4.79 Å². The number of ether oxygens (including phenoxy) is 1. The normalized spacial score (nSPS) is 12.5. The van der Waals surface area contributed by atoms with Gasteiger partial charge in [0.15, 0.2) is 11.5 Å². The van der Waals surface area contributed by atoms with Gasteiger partial charge in [0.1, 0.15) is 0 Å². The fourth-order valence-electron chi connectivity index (χ4n) is 1.76. The van der Waals surface area contributed by atoms with Crippen molar-refractivity contribution in [2.75, 3.05) is 7.11 Å². The van der Waals surface area contributed by atoms with Gasteiger partial charge in [-0.3, -0.25) is 4.79 Å². The lowest BCUT2D eigenvalue weighted by Crippen LogP contribution is -2.14. The van der Waals surface area contributed by atoms with E-state index < -0.39 is 11.9 Å². The van der Waals surface area contributed by atoms with E-state index in [2.05, 4.69) is 0 Å². The predicted octanol–water partition coefficient (Wildman–Crippen LogP) is 2.62. The van der Waals surface area contributed by atoms with Crippen molar-refractivity contribution in [3.63, 3.8) is 0 Å². The molecule has 1 rings (SSSR count). The van der Waals surface area contributed by atoms with Crippen LogP contribution < -0.4 is 4.74 Å². The first-order valence-corrected chi connectivity index (χ1v) is 5.55. The smallest absolute Gasteiger partial charge is 0.310 e. The lowest BCUT2D eigenvalue weighted by molar-refractivity contribution is -0.139. The van der Waals surface area contributed by atoms with Gasteiger partial charge in [-0.25, -0.2) is 0 Å². The van der Waals surface area contributed by atoms with Gasteiger partial charge in [-0.2, -0.15) is 0 Å². The van der Waals surface area contributed by atoms with E-state index in [4.69, 9.17) is 4.74 Å². The molecular formula is C13H18O4. The van der Waals surface area contributed by atoms with Crippen LogP contribution in [0.25, 0.3) is 0 Å². The molecule has 0 aliphatic carbocycles. The maximum absolute atomic E-state index is 11.2. The first-order chi connectivity index (χ1) is 7.95. The number of methoxy groups -OCH3 is 1. The van der Waals surface area contributed by atoms with E-state index in [9.17, 15) is 15.0 Å². The summed E-state index contributed by atoms with van der Waals surface area (Å²) >= 11 is 0. The van der Waals surface area contributed by atoms with E-state index in [-0.39, 0.29) is 11.7 Å². The highest BCUT2D eigenvalue weighted by Crippen LogP contribution is 2.32. The van der Waals surface area contributed by atoms with Crippen LogP contribution in [0.15, 0.2) is 18.2 Å². The van der Waals surface area contributed by atoms with E-state index in [1.807, 2.05) is 13.8 Å². The molecule has 0 saturated heterocycles. The van der Waals surface area contributed by atoms with E-state index in [0.717, 1.165) is 0 Å². The van der Waals surface area contributed by atoms with Crippen LogP contribution >= 0.6 is 0 Å². The topological polar surface area (TPSA) is 66.8 Å². The lowest BCUT2D eigenvalue weighted by Gasteiger charge is -2.16. The van der Waals surface area contributed by atoms with Crippen molar-refractivity contribution < 1.29 is 19.7 Å². The molecule has 4 heteroatoms. The SMILES string of the molecule is COc1cc(C(CC(C)C)C(=O)O)ccc1O. The summed E-state index contributed by atoms with van der Waals surface area (Å²) in [5.41, 5.74) is 0.654. The summed E-state index contributed by atoms with van der Waals surface area (Å²) in [7, 11) is 1.44. The summed E-state index contributed by atoms with van der Waals surface area (Å²) in [4.78, 5) is 11.2. The predicted molar refractivity (Wildman–Crippen MR) is 64.5 cm³/mol. The van der Waals surface area contributed by atoms with Crippen molar-refractivity contribution in [3.8, 4) is 11.5 Å². The van der Waals surface area contributed by atoms with Crippen molar-refractivity contribution in [1.29, 1.82) is 0 Å². The molecule has 0 fully saturated rings. The van der Waals surface area contributed by atoms with Gasteiger partial charge in [-0.05, 0) is 30.0 Å². The number of carboxylic acids is 1. The molecule has 17 heavy (non-hydrogen) atoms. The molecule has 0 aliphatic heterocycles. The molecule has 1 atom stereocenters. The Labute approximate surface area is 101 Å². The third kappa shape index (κ3) is 3.37. The molecule has 1 unspecified atom stereocenters. The molecule has 4 nitrogen and oxygen atoms in total. The zero-order valence-electron chi connectivity index (χ0n) is 10.3. The van der Waals surface area contributed by atoms with Gasteiger partial charge in [0, 0.05) is 0 Å². The zero-order chi connectivity index (χ0) is 13.0. The summed E-state index contributed by atoms with van der Waals surface area (Å²) in [6, 6.07) is 4.67. The number of rotatable bonds is 5. The second-order valence-electron chi connectivity index (χ2n) is 4.45. The second kappa shape index (κ2) is 5.57. The molecule has 1 aromatic rings. The summed E-state index contributed by atoms with van der Waals surface area (Å²) in [5.74, 6) is -0.811. The Morgan fingerprint density at radius 1 is 1.41 bits per heavy atom. The highest BCUT2D eigenvalue weighted by molar-refractivity contribution is 5.76. The number of phenols is 1. The number of hydrogen-bond acceptors (Lipinski definition) is 3. The maximum atomic E-state index is 11.2. The van der Waals surface area contributed by atoms with Crippen LogP contribution in [0.4, 0.5) is 0 Å². The number of aliphatic carboxylic acids is 1. The van der Waals surface area contributed by atoms with Crippen molar-refractivity contribution in [1.82, 2.24) is 0 Å². The van der Waals surface area contributed by atoms with E-state index in [1.165, 1.54) is 13.2 Å². The third-order valence-corrected chi connectivity index (χ3v) is 2.61. The molecule has 0 heterocycles. The van der Waals surface area contributed by atoms with Crippen molar-refractivity contribution in [2.45, 2.75) is 26.2 Å². The minimum atomic E-state index is -0.855. The van der Waals surface area contributed by atoms with Crippen LogP contribution in [-0.4, -0.2) is 23.3 Å². The average Bonchev–Trinajstić information content (AvgIpc) is 2.26. The molecule has 0 radical (unpaired) electrons. The fraction of sp³-hybridized carbons (Fsp3) is 0.462. The highest BCUT2D eigenvalue weighted by atomic mass is 16.5. The lowest BCUT2D eigenvalue weighted by atomic mass is 9.90. The van der Waals surface area contributed by atoms with E-state index in [0.29, 0.717) is 17.7 Å². The minimum Gasteiger partial charge on any atom is -0.504 e. The number of hydrogen-bond donors (Lipinski definition) is 2. The minimum absolute atomic E-state index is 0.0185. The van der Waals surface area contributed by atoms with E-state index >= 15 is 0 Å². The van der Waals surface area contributed by atoms with Gasteiger partial charge in [0.05, 0.1) is 13.0 Å². The first kappa shape index (κ1) is 13.4. The number of aromatic hydroxyl groups is 1. The maximum Gasteiger partial charge on any atom is 0.310 e. The Morgan fingerprint density at radius 3 is 2.53 bits per heavy atom. The Morgan fingerprint density at radius 2 is 2.06 bits per heavy atom. The zero-order valence-corrected chi connectivity index (χ0v) is 10.3. The molecule has 0 spiro atoms. The molecule has 0 aliphatic rings. The van der Waals surface area contributed by atoms with Crippen molar-refractivity contribution in [2.24, 2.45) is 5.92 Å². The molecule has 2 N–H and O–H groups in total. The highest BCUT2D eigenvalue weighted by Gasteiger charge is 2.22. The van der Waals surface area contributed by atoms with Gasteiger partial charge in [-0.1, -0.05) is 19.9 Å². The Bertz CT molecular complexity index is 398. The fourth-order valence-corrected chi connectivity index (χ4v) is 1.76. The Hall–Kier alpha value is -1.71. The average molecular weight is 238 g/mol. The molecule has 0 amide bonds. The standard InChI is InChI=1S/C13H18O4/c1-8(2)6-10(13(15)16)9-4-5-11(14)12(7-9)17-3/h4-5,7-8,10,14H,6H2,1-3H3,(H,15,16). The molecule has 94 valence electrons. The molecular weight excluding hydrogens is 220 g/mol. The van der Waals surface area contributed by atoms with Crippen LogP contribution in [0, 0.1) is 5.92 Å². The van der Waals surface area contributed by atoms with Gasteiger partial charge < -0.3 is 14.9 Å². The summed E-state index contributed by atoms with van der Waals surface area (Å²) < 4.78 is 4.98. The van der Waals surface area contributed by atoms with Crippen LogP contribution in [0.5, 0.6) is 11.5 Å². The molecule has 1 aromatic carbocycles. The molecule has 0 aromatic heterocycles. The Balaban J connectivity index is 3.06. The van der Waals surface area contributed by atoms with Crippen LogP contribution in [0.1, 0.15) is 31.7 Å². The number of phenolic OH excluding ortho intramolecular Hbond substituents is 1. The molecule has 0 bridgehead atoms.